The minimum atomic E-state index is -0.384. The Morgan fingerprint density at radius 1 is 0.893 bits per heavy atom. The summed E-state index contributed by atoms with van der Waals surface area (Å²) in [5.41, 5.74) is 1.46. The number of nitrogens with zero attached hydrogens (tertiary/aromatic N) is 3. The molecule has 0 aliphatic carbocycles. The van der Waals surface area contributed by atoms with Crippen LogP contribution in [0, 0.1) is 0 Å². The molecule has 0 spiro atoms. The molecule has 4 rings (SSSR count). The topological polar surface area (TPSA) is 60.9 Å². The van der Waals surface area contributed by atoms with Gasteiger partial charge in [0.15, 0.2) is 0 Å². The normalized spacial score (nSPS) is 17.2. The zero-order valence-corrected chi connectivity index (χ0v) is 15.8. The van der Waals surface area contributed by atoms with E-state index < -0.39 is 0 Å². The van der Waals surface area contributed by atoms with Gasteiger partial charge in [-0.15, -0.1) is 0 Å². The van der Waals surface area contributed by atoms with Gasteiger partial charge in [-0.1, -0.05) is 35.9 Å². The number of hydrogen-bond acceptors (Lipinski definition) is 4. The Bertz CT molecular complexity index is 966. The fraction of sp³-hybridized carbons (Fsp3) is 0.190. The fourth-order valence-electron chi connectivity index (χ4n) is 3.46. The van der Waals surface area contributed by atoms with Crippen molar-refractivity contribution in [3.8, 4) is 0 Å². The van der Waals surface area contributed by atoms with Gasteiger partial charge in [0.2, 0.25) is 0 Å². The molecule has 1 fully saturated rings. The van der Waals surface area contributed by atoms with E-state index in [0.29, 0.717) is 48.1 Å². The highest BCUT2D eigenvalue weighted by Gasteiger charge is 2.36. The van der Waals surface area contributed by atoms with E-state index >= 15 is 0 Å². The summed E-state index contributed by atoms with van der Waals surface area (Å²) < 4.78 is 0. The first kappa shape index (κ1) is 18.3. The van der Waals surface area contributed by atoms with Crippen molar-refractivity contribution >= 4 is 35.0 Å². The van der Waals surface area contributed by atoms with Crippen molar-refractivity contribution in [2.24, 2.45) is 0 Å². The molecule has 0 N–H and O–H groups in total. The Labute approximate surface area is 167 Å². The maximum Gasteiger partial charge on any atom is 0.281 e. The standard InChI is InChI=1S/C21H18ClN3O3/c22-16-7-4-8-17(13-16)25-19(26)14-18(21(25)28)23-9-11-24(12-10-23)20(27)15-5-2-1-3-6-15/h1-8,13-14H,9-12H2. The molecule has 2 heterocycles. The highest BCUT2D eigenvalue weighted by molar-refractivity contribution is 6.33. The maximum absolute atomic E-state index is 12.8. The Morgan fingerprint density at radius 2 is 1.61 bits per heavy atom. The van der Waals surface area contributed by atoms with Crippen molar-refractivity contribution in [1.82, 2.24) is 9.80 Å². The van der Waals surface area contributed by atoms with Gasteiger partial charge in [-0.3, -0.25) is 14.4 Å². The lowest BCUT2D eigenvalue weighted by atomic mass is 10.2. The first-order valence-electron chi connectivity index (χ1n) is 8.99. The summed E-state index contributed by atoms with van der Waals surface area (Å²) in [7, 11) is 0. The van der Waals surface area contributed by atoms with Crippen LogP contribution in [0.4, 0.5) is 5.69 Å². The number of imide groups is 1. The molecule has 3 amide bonds. The van der Waals surface area contributed by atoms with Crippen molar-refractivity contribution in [2.75, 3.05) is 31.1 Å². The van der Waals surface area contributed by atoms with Crippen molar-refractivity contribution in [2.45, 2.75) is 0 Å². The van der Waals surface area contributed by atoms with Crippen molar-refractivity contribution in [1.29, 1.82) is 0 Å². The Hall–Kier alpha value is -3.12. The average Bonchev–Trinajstić information content (AvgIpc) is 3.02. The Kier molecular flexibility index (Phi) is 4.88. The van der Waals surface area contributed by atoms with Gasteiger partial charge in [-0.25, -0.2) is 4.90 Å². The van der Waals surface area contributed by atoms with Gasteiger partial charge < -0.3 is 9.80 Å². The van der Waals surface area contributed by atoms with Crippen LogP contribution in [0.25, 0.3) is 0 Å². The first-order valence-corrected chi connectivity index (χ1v) is 9.37. The number of halogens is 1. The SMILES string of the molecule is O=C(c1ccccc1)N1CCN(C2=CC(=O)N(c3cccc(Cl)c3)C2=O)CC1. The van der Waals surface area contributed by atoms with Gasteiger partial charge >= 0.3 is 0 Å². The van der Waals surface area contributed by atoms with E-state index in [0.717, 1.165) is 4.90 Å². The molecular formula is C21H18ClN3O3. The van der Waals surface area contributed by atoms with E-state index in [4.69, 9.17) is 11.6 Å². The second-order valence-electron chi connectivity index (χ2n) is 6.63. The van der Waals surface area contributed by atoms with E-state index in [-0.39, 0.29) is 17.7 Å². The van der Waals surface area contributed by atoms with Gasteiger partial charge in [0.1, 0.15) is 5.70 Å². The molecule has 2 aromatic rings. The van der Waals surface area contributed by atoms with E-state index in [1.807, 2.05) is 23.1 Å². The number of hydrogen-bond donors (Lipinski definition) is 0. The van der Waals surface area contributed by atoms with Crippen LogP contribution in [0.5, 0.6) is 0 Å². The predicted molar refractivity (Wildman–Crippen MR) is 106 cm³/mol. The molecule has 0 atom stereocenters. The molecule has 142 valence electrons. The lowest BCUT2D eigenvalue weighted by Gasteiger charge is -2.36. The summed E-state index contributed by atoms with van der Waals surface area (Å²) >= 11 is 5.99. The van der Waals surface area contributed by atoms with Crippen LogP contribution in [0.3, 0.4) is 0 Å². The minimum Gasteiger partial charge on any atom is -0.363 e. The van der Waals surface area contributed by atoms with Gasteiger partial charge in [0, 0.05) is 42.8 Å². The third-order valence-corrected chi connectivity index (χ3v) is 5.13. The monoisotopic (exact) mass is 395 g/mol. The summed E-state index contributed by atoms with van der Waals surface area (Å²) in [4.78, 5) is 42.6. The van der Waals surface area contributed by atoms with E-state index in [1.165, 1.54) is 6.08 Å². The number of carbonyl (C=O) groups excluding carboxylic acids is 3. The largest absolute Gasteiger partial charge is 0.363 e. The number of carbonyl (C=O) groups is 3. The van der Waals surface area contributed by atoms with Gasteiger partial charge in [-0.05, 0) is 30.3 Å². The number of amides is 3. The number of piperazine rings is 1. The van der Waals surface area contributed by atoms with Crippen molar-refractivity contribution in [3.63, 3.8) is 0 Å². The third kappa shape index (κ3) is 3.39. The van der Waals surface area contributed by atoms with E-state index in [2.05, 4.69) is 0 Å². The van der Waals surface area contributed by atoms with Crippen LogP contribution in [0.15, 0.2) is 66.4 Å². The molecule has 6 nitrogen and oxygen atoms in total. The molecule has 0 unspecified atom stereocenters. The highest BCUT2D eigenvalue weighted by atomic mass is 35.5. The maximum atomic E-state index is 12.8. The summed E-state index contributed by atoms with van der Waals surface area (Å²) in [6.07, 6.45) is 1.36. The smallest absolute Gasteiger partial charge is 0.281 e. The van der Waals surface area contributed by atoms with Crippen LogP contribution < -0.4 is 4.90 Å². The van der Waals surface area contributed by atoms with E-state index in [9.17, 15) is 14.4 Å². The quantitative estimate of drug-likeness (QED) is 0.749. The fourth-order valence-corrected chi connectivity index (χ4v) is 3.64. The highest BCUT2D eigenvalue weighted by Crippen LogP contribution is 2.27. The molecule has 0 radical (unpaired) electrons. The summed E-state index contributed by atoms with van der Waals surface area (Å²) in [5, 5.41) is 0.458. The Morgan fingerprint density at radius 3 is 2.29 bits per heavy atom. The predicted octanol–water partition coefficient (Wildman–Crippen LogP) is 2.56. The molecule has 0 saturated carbocycles. The summed E-state index contributed by atoms with van der Waals surface area (Å²) in [6, 6.07) is 15.8. The van der Waals surface area contributed by atoms with E-state index in [1.54, 1.807) is 41.3 Å². The number of rotatable bonds is 3. The van der Waals surface area contributed by atoms with Crippen LogP contribution in [0.1, 0.15) is 10.4 Å². The van der Waals surface area contributed by atoms with Gasteiger partial charge in [0.05, 0.1) is 5.69 Å². The first-order chi connectivity index (χ1) is 13.5. The number of anilines is 1. The van der Waals surface area contributed by atoms with Gasteiger partial charge in [-0.2, -0.15) is 0 Å². The molecule has 0 aromatic heterocycles. The van der Waals surface area contributed by atoms with Gasteiger partial charge in [0.25, 0.3) is 17.7 Å². The van der Waals surface area contributed by atoms with Crippen molar-refractivity contribution < 1.29 is 14.4 Å². The van der Waals surface area contributed by atoms with Crippen LogP contribution in [-0.2, 0) is 9.59 Å². The molecule has 0 bridgehead atoms. The third-order valence-electron chi connectivity index (χ3n) is 4.90. The molecule has 2 aromatic carbocycles. The minimum absolute atomic E-state index is 0.0244. The summed E-state index contributed by atoms with van der Waals surface area (Å²) in [6.45, 7) is 1.97. The second kappa shape index (κ2) is 7.48. The van der Waals surface area contributed by atoms with Crippen LogP contribution in [-0.4, -0.2) is 53.7 Å². The molecule has 2 aliphatic heterocycles. The molecule has 1 saturated heterocycles. The molecule has 2 aliphatic rings. The second-order valence-corrected chi connectivity index (χ2v) is 7.07. The van der Waals surface area contributed by atoms with Crippen molar-refractivity contribution in [3.05, 3.63) is 77.0 Å². The zero-order chi connectivity index (χ0) is 19.7. The molecular weight excluding hydrogens is 378 g/mol. The van der Waals surface area contributed by atoms with Crippen LogP contribution >= 0.6 is 11.6 Å². The zero-order valence-electron chi connectivity index (χ0n) is 15.0. The average molecular weight is 396 g/mol. The molecule has 7 heteroatoms. The lowest BCUT2D eigenvalue weighted by molar-refractivity contribution is -0.121. The number of benzene rings is 2. The lowest BCUT2D eigenvalue weighted by Crippen LogP contribution is -2.49. The Balaban J connectivity index is 1.44. The van der Waals surface area contributed by atoms with Crippen LogP contribution in [0.2, 0.25) is 5.02 Å². The molecule has 28 heavy (non-hydrogen) atoms. The summed E-state index contributed by atoms with van der Waals surface area (Å²) in [5.74, 6) is -0.774.